The van der Waals surface area contributed by atoms with Gasteiger partial charge in [-0.2, -0.15) is 0 Å². The second-order valence-corrected chi connectivity index (χ2v) is 6.40. The van der Waals surface area contributed by atoms with Gasteiger partial charge in [0, 0.05) is 25.7 Å². The van der Waals surface area contributed by atoms with Gasteiger partial charge in [-0.3, -0.25) is 4.90 Å². The van der Waals surface area contributed by atoms with Crippen molar-refractivity contribution in [2.45, 2.75) is 0 Å². The molecule has 3 heterocycles. The minimum atomic E-state index is -2.82. The molecule has 0 N–H and O–H groups in total. The maximum Gasteiger partial charge on any atom is 0.540 e. The number of carbonyl (C=O) groups is 1. The second kappa shape index (κ2) is 5.74. The Kier molecular flexibility index (Phi) is 4.29. The highest BCUT2D eigenvalue weighted by Crippen LogP contribution is 2.16. The highest BCUT2D eigenvalue weighted by molar-refractivity contribution is 6.60. The van der Waals surface area contributed by atoms with E-state index in [9.17, 15) is 4.79 Å². The van der Waals surface area contributed by atoms with Crippen LogP contribution in [0.1, 0.15) is 0 Å². The van der Waals surface area contributed by atoms with Gasteiger partial charge in [0.15, 0.2) is 6.23 Å². The summed E-state index contributed by atoms with van der Waals surface area (Å²) in [6.07, 6.45) is 1.19. The molecule has 0 aromatic carbocycles. The molecule has 0 atom stereocenters. The summed E-state index contributed by atoms with van der Waals surface area (Å²) in [5, 5.41) is 0. The molecule has 0 saturated carbocycles. The quantitative estimate of drug-likeness (QED) is 0.389. The van der Waals surface area contributed by atoms with E-state index in [4.69, 9.17) is 18.0 Å². The van der Waals surface area contributed by atoms with E-state index < -0.39 is 14.8 Å². The van der Waals surface area contributed by atoms with E-state index in [-0.39, 0.29) is 6.23 Å². The molecular weight excluding hydrogens is 242 g/mol. The normalized spacial score (nSPS) is 33.3. The van der Waals surface area contributed by atoms with Crippen LogP contribution in [0.2, 0.25) is 0 Å². The summed E-state index contributed by atoms with van der Waals surface area (Å²) in [7, 11) is -2.82. The van der Waals surface area contributed by atoms with Crippen LogP contribution in [0.5, 0.6) is 0 Å². The van der Waals surface area contributed by atoms with E-state index in [0.29, 0.717) is 19.8 Å². The molecule has 96 valence electrons. The molecule has 7 heteroatoms. The van der Waals surface area contributed by atoms with Crippen LogP contribution < -0.4 is 0 Å². The zero-order valence-electron chi connectivity index (χ0n) is 9.72. The third-order valence-electron chi connectivity index (χ3n) is 2.75. The summed E-state index contributed by atoms with van der Waals surface area (Å²) in [4.78, 5) is 13.3. The Morgan fingerprint density at radius 1 is 1.24 bits per heavy atom. The Bertz CT molecular complexity index is 272. The van der Waals surface area contributed by atoms with Crippen molar-refractivity contribution in [3.63, 3.8) is 0 Å². The van der Waals surface area contributed by atoms with Gasteiger partial charge in [0.25, 0.3) is 0 Å². The Morgan fingerprint density at radius 2 is 1.76 bits per heavy atom. The zero-order valence-corrected chi connectivity index (χ0v) is 10.7. The molecule has 0 aromatic heterocycles. The largest absolute Gasteiger partial charge is 0.540 e. The van der Waals surface area contributed by atoms with Crippen molar-refractivity contribution in [1.82, 2.24) is 4.90 Å². The Labute approximate surface area is 101 Å². The second-order valence-electron chi connectivity index (χ2n) is 3.88. The lowest BCUT2D eigenvalue weighted by Crippen LogP contribution is -2.58. The summed E-state index contributed by atoms with van der Waals surface area (Å²) >= 11 is 0. The highest BCUT2D eigenvalue weighted by atomic mass is 28.4. The number of hydrogen-bond acceptors (Lipinski definition) is 6. The number of esters is 1. The molecule has 17 heavy (non-hydrogen) atoms. The predicted octanol–water partition coefficient (Wildman–Crippen LogP) is -0.427. The van der Waals surface area contributed by atoms with Gasteiger partial charge >= 0.3 is 14.8 Å². The minimum absolute atomic E-state index is 0.0673. The molecular formula is C10H17NO5Si. The number of fused-ring (bicyclic) bond motifs is 6. The summed E-state index contributed by atoms with van der Waals surface area (Å²) in [5.74, 6) is -0.478. The van der Waals surface area contributed by atoms with Crippen LogP contribution in [0, 0.1) is 0 Å². The standard InChI is InChI=1S/C10H17NO5Si/c1-2-10(12)13-9-17-14-6-3-11(4-7-15-17)5-8-16-17/h2H,1,3-9H2. The van der Waals surface area contributed by atoms with E-state index in [1.165, 1.54) is 0 Å². The summed E-state index contributed by atoms with van der Waals surface area (Å²) in [6, 6.07) is 0. The number of nitrogens with zero attached hydrogens (tertiary/aromatic N) is 1. The minimum Gasteiger partial charge on any atom is -0.458 e. The lowest BCUT2D eigenvalue weighted by atomic mass is 10.4. The van der Waals surface area contributed by atoms with Crippen LogP contribution in [0.4, 0.5) is 0 Å². The van der Waals surface area contributed by atoms with Crippen molar-refractivity contribution in [2.75, 3.05) is 45.7 Å². The van der Waals surface area contributed by atoms with Gasteiger partial charge in [0.2, 0.25) is 0 Å². The monoisotopic (exact) mass is 259 g/mol. The predicted molar refractivity (Wildman–Crippen MR) is 61.2 cm³/mol. The smallest absolute Gasteiger partial charge is 0.458 e. The van der Waals surface area contributed by atoms with E-state index in [1.807, 2.05) is 0 Å². The van der Waals surface area contributed by atoms with Crippen molar-refractivity contribution >= 4 is 14.8 Å². The lowest BCUT2D eigenvalue weighted by molar-refractivity contribution is -0.138. The third kappa shape index (κ3) is 3.36. The van der Waals surface area contributed by atoms with E-state index in [2.05, 4.69) is 11.5 Å². The fraction of sp³-hybridized carbons (Fsp3) is 0.700. The van der Waals surface area contributed by atoms with Crippen LogP contribution in [-0.2, 0) is 22.8 Å². The first-order chi connectivity index (χ1) is 8.24. The Hall–Kier alpha value is -0.733. The molecule has 0 unspecified atom stereocenters. The lowest BCUT2D eigenvalue weighted by Gasteiger charge is -2.37. The molecule has 0 radical (unpaired) electrons. The van der Waals surface area contributed by atoms with E-state index >= 15 is 0 Å². The molecule has 2 bridgehead atoms. The van der Waals surface area contributed by atoms with Crippen LogP contribution >= 0.6 is 0 Å². The van der Waals surface area contributed by atoms with Gasteiger partial charge in [-0.05, 0) is 0 Å². The average molecular weight is 259 g/mol. The number of carbonyl (C=O) groups excluding carboxylic acids is 1. The van der Waals surface area contributed by atoms with Gasteiger partial charge in [-0.25, -0.2) is 4.79 Å². The average Bonchev–Trinajstić information content (AvgIpc) is 2.25. The summed E-state index contributed by atoms with van der Waals surface area (Å²) in [5.41, 5.74) is 0. The fourth-order valence-electron chi connectivity index (χ4n) is 1.79. The van der Waals surface area contributed by atoms with Crippen LogP contribution in [0.3, 0.4) is 0 Å². The zero-order chi connectivity index (χ0) is 12.1. The van der Waals surface area contributed by atoms with E-state index in [1.54, 1.807) is 0 Å². The van der Waals surface area contributed by atoms with Crippen molar-refractivity contribution in [1.29, 1.82) is 0 Å². The number of rotatable bonds is 3. The maximum absolute atomic E-state index is 11.1. The molecule has 3 rings (SSSR count). The molecule has 3 fully saturated rings. The Morgan fingerprint density at radius 3 is 2.24 bits per heavy atom. The Balaban J connectivity index is 1.98. The van der Waals surface area contributed by atoms with Crippen LogP contribution in [0.15, 0.2) is 12.7 Å². The molecule has 3 saturated heterocycles. The first-order valence-corrected chi connectivity index (χ1v) is 7.61. The fourth-order valence-corrected chi connectivity index (χ4v) is 3.82. The van der Waals surface area contributed by atoms with Gasteiger partial charge in [0.05, 0.1) is 19.8 Å². The molecule has 0 spiro atoms. The molecule has 0 amide bonds. The third-order valence-corrected chi connectivity index (χ3v) is 5.18. The molecule has 3 aliphatic rings. The van der Waals surface area contributed by atoms with Gasteiger partial charge < -0.3 is 18.0 Å². The van der Waals surface area contributed by atoms with Crippen LogP contribution in [-0.4, -0.2) is 65.4 Å². The number of ether oxygens (including phenoxy) is 1. The molecule has 0 aliphatic carbocycles. The van der Waals surface area contributed by atoms with Crippen molar-refractivity contribution in [3.8, 4) is 0 Å². The van der Waals surface area contributed by atoms with Crippen molar-refractivity contribution < 1.29 is 22.8 Å². The van der Waals surface area contributed by atoms with Crippen molar-refractivity contribution in [3.05, 3.63) is 12.7 Å². The van der Waals surface area contributed by atoms with Gasteiger partial charge in [0.1, 0.15) is 0 Å². The van der Waals surface area contributed by atoms with Gasteiger partial charge in [-0.15, -0.1) is 0 Å². The van der Waals surface area contributed by atoms with E-state index in [0.717, 1.165) is 25.7 Å². The molecule has 6 nitrogen and oxygen atoms in total. The number of hydrogen-bond donors (Lipinski definition) is 0. The first-order valence-electron chi connectivity index (χ1n) is 5.67. The summed E-state index contributed by atoms with van der Waals surface area (Å²) < 4.78 is 22.0. The molecule has 3 aliphatic heterocycles. The summed E-state index contributed by atoms with van der Waals surface area (Å²) in [6.45, 7) is 7.62. The van der Waals surface area contributed by atoms with Gasteiger partial charge in [-0.1, -0.05) is 6.58 Å². The van der Waals surface area contributed by atoms with Crippen molar-refractivity contribution in [2.24, 2.45) is 0 Å². The maximum atomic E-state index is 11.1. The SMILES string of the molecule is C=CC(=O)OC[Si]12OCCN(CCO1)CCO2. The van der Waals surface area contributed by atoms with Crippen LogP contribution in [0.25, 0.3) is 0 Å². The first kappa shape index (κ1) is 12.7. The highest BCUT2D eigenvalue weighted by Gasteiger charge is 2.45. The molecule has 0 aromatic rings. The topological polar surface area (TPSA) is 57.2 Å².